The molecule has 0 atom stereocenters. The fourth-order valence-electron chi connectivity index (χ4n) is 3.71. The van der Waals surface area contributed by atoms with Crippen LogP contribution >= 0.6 is 0 Å². The Morgan fingerprint density at radius 1 is 1.04 bits per heavy atom. The van der Waals surface area contributed by atoms with Gasteiger partial charge in [-0.05, 0) is 87.1 Å². The minimum absolute atomic E-state index is 0.604. The molecule has 1 aromatic heterocycles. The molecule has 1 nitrogen and oxygen atoms in total. The Kier molecular flexibility index (Phi) is 5.95. The first kappa shape index (κ1) is 17.8. The zero-order chi connectivity index (χ0) is 17.6. The van der Waals surface area contributed by atoms with Crippen LogP contribution in [0, 0.1) is 23.5 Å². The molecule has 1 saturated carbocycles. The highest BCUT2D eigenvalue weighted by Gasteiger charge is 2.19. The van der Waals surface area contributed by atoms with Gasteiger partial charge in [-0.3, -0.25) is 4.98 Å². The first-order valence-corrected chi connectivity index (χ1v) is 9.19. The maximum atomic E-state index is 13.3. The number of nitrogens with zero attached hydrogens (tertiary/aromatic N) is 1. The molecule has 1 heterocycles. The summed E-state index contributed by atoms with van der Waals surface area (Å²) < 4.78 is 26.4. The Hall–Kier alpha value is -2.03. The minimum atomic E-state index is -0.836. The first-order chi connectivity index (χ1) is 12.2. The molecule has 25 heavy (non-hydrogen) atoms. The molecule has 0 saturated heterocycles. The highest BCUT2D eigenvalue weighted by molar-refractivity contribution is 5.59. The van der Waals surface area contributed by atoms with Crippen molar-refractivity contribution >= 4 is 0 Å². The number of hydrogen-bond donors (Lipinski definition) is 0. The average molecular weight is 341 g/mol. The Morgan fingerprint density at radius 2 is 1.84 bits per heavy atom. The van der Waals surface area contributed by atoms with Gasteiger partial charge in [0, 0.05) is 11.8 Å². The Bertz CT molecular complexity index is 713. The predicted octanol–water partition coefficient (Wildman–Crippen LogP) is 6.34. The van der Waals surface area contributed by atoms with E-state index in [9.17, 15) is 8.78 Å². The molecule has 0 bridgehead atoms. The van der Waals surface area contributed by atoms with Gasteiger partial charge in [0.05, 0.1) is 5.69 Å². The number of benzene rings is 1. The molecule has 132 valence electrons. The van der Waals surface area contributed by atoms with E-state index in [2.05, 4.69) is 30.1 Å². The van der Waals surface area contributed by atoms with E-state index in [0.29, 0.717) is 11.3 Å². The third-order valence-electron chi connectivity index (χ3n) is 5.24. The molecule has 1 aromatic carbocycles. The monoisotopic (exact) mass is 341 g/mol. The summed E-state index contributed by atoms with van der Waals surface area (Å²) in [5, 5.41) is 0. The lowest BCUT2D eigenvalue weighted by atomic mass is 9.79. The van der Waals surface area contributed by atoms with E-state index in [-0.39, 0.29) is 0 Å². The van der Waals surface area contributed by atoms with Crippen LogP contribution in [0.1, 0.15) is 44.6 Å². The summed E-state index contributed by atoms with van der Waals surface area (Å²) in [6.45, 7) is 2.10. The number of aryl methyl sites for hydroxylation is 1. The molecule has 0 radical (unpaired) electrons. The maximum absolute atomic E-state index is 13.3. The Morgan fingerprint density at radius 3 is 2.48 bits per heavy atom. The van der Waals surface area contributed by atoms with Gasteiger partial charge in [-0.1, -0.05) is 18.2 Å². The second-order valence-corrected chi connectivity index (χ2v) is 7.03. The Balaban J connectivity index is 1.54. The van der Waals surface area contributed by atoms with Gasteiger partial charge < -0.3 is 0 Å². The quantitative estimate of drug-likeness (QED) is 0.578. The van der Waals surface area contributed by atoms with E-state index in [1.54, 1.807) is 6.07 Å². The summed E-state index contributed by atoms with van der Waals surface area (Å²) in [5.74, 6) is -0.0768. The highest BCUT2D eigenvalue weighted by atomic mass is 19.2. The van der Waals surface area contributed by atoms with Crippen molar-refractivity contribution in [2.45, 2.75) is 45.4 Å². The van der Waals surface area contributed by atoms with Crippen LogP contribution in [0.15, 0.2) is 48.7 Å². The highest BCUT2D eigenvalue weighted by Crippen LogP contribution is 2.32. The smallest absolute Gasteiger partial charge is 0.159 e. The van der Waals surface area contributed by atoms with Crippen LogP contribution in [-0.2, 0) is 6.42 Å². The van der Waals surface area contributed by atoms with Gasteiger partial charge in [-0.25, -0.2) is 8.78 Å². The fraction of sp³-hybridized carbons (Fsp3) is 0.409. The van der Waals surface area contributed by atoms with Gasteiger partial charge in [-0.15, -0.1) is 0 Å². The SMILES string of the molecule is CC=C[C@H]1CC[C@H](CCc2ccc(-c3ccc(F)c(F)c3)nc2)CC1. The molecule has 1 fully saturated rings. The predicted molar refractivity (Wildman–Crippen MR) is 98.2 cm³/mol. The summed E-state index contributed by atoms with van der Waals surface area (Å²) in [5.41, 5.74) is 2.49. The van der Waals surface area contributed by atoms with E-state index in [1.807, 2.05) is 12.3 Å². The summed E-state index contributed by atoms with van der Waals surface area (Å²) >= 11 is 0. The lowest BCUT2D eigenvalue weighted by Gasteiger charge is -2.26. The van der Waals surface area contributed by atoms with Crippen molar-refractivity contribution in [2.24, 2.45) is 11.8 Å². The van der Waals surface area contributed by atoms with Crippen molar-refractivity contribution in [3.63, 3.8) is 0 Å². The summed E-state index contributed by atoms with van der Waals surface area (Å²) in [7, 11) is 0. The van der Waals surface area contributed by atoms with Crippen molar-refractivity contribution in [3.05, 3.63) is 65.9 Å². The summed E-state index contributed by atoms with van der Waals surface area (Å²) in [6, 6.07) is 7.84. The van der Waals surface area contributed by atoms with Crippen molar-refractivity contribution in [2.75, 3.05) is 0 Å². The Labute approximate surface area is 148 Å². The van der Waals surface area contributed by atoms with Gasteiger partial charge in [0.25, 0.3) is 0 Å². The van der Waals surface area contributed by atoms with Crippen molar-refractivity contribution in [1.29, 1.82) is 0 Å². The molecule has 0 unspecified atom stereocenters. The molecule has 0 spiro atoms. The number of hydrogen-bond acceptors (Lipinski definition) is 1. The second-order valence-electron chi connectivity index (χ2n) is 7.03. The second kappa shape index (κ2) is 8.37. The van der Waals surface area contributed by atoms with Crippen LogP contribution in [0.5, 0.6) is 0 Å². The number of allylic oxidation sites excluding steroid dienone is 2. The van der Waals surface area contributed by atoms with Crippen LogP contribution < -0.4 is 0 Å². The van der Waals surface area contributed by atoms with E-state index in [4.69, 9.17) is 0 Å². The zero-order valence-electron chi connectivity index (χ0n) is 14.7. The molecule has 3 heteroatoms. The zero-order valence-corrected chi connectivity index (χ0v) is 14.7. The van der Waals surface area contributed by atoms with Crippen LogP contribution in [0.4, 0.5) is 8.78 Å². The number of rotatable bonds is 5. The lowest BCUT2D eigenvalue weighted by Crippen LogP contribution is -2.13. The van der Waals surface area contributed by atoms with Crippen LogP contribution in [-0.4, -0.2) is 4.98 Å². The first-order valence-electron chi connectivity index (χ1n) is 9.19. The lowest BCUT2D eigenvalue weighted by molar-refractivity contribution is 0.296. The summed E-state index contributed by atoms with van der Waals surface area (Å²) in [6.07, 6.45) is 13.9. The molecular weight excluding hydrogens is 316 g/mol. The fourth-order valence-corrected chi connectivity index (χ4v) is 3.71. The van der Waals surface area contributed by atoms with E-state index >= 15 is 0 Å². The molecule has 3 rings (SSSR count). The number of halogens is 2. The topological polar surface area (TPSA) is 12.9 Å². The third-order valence-corrected chi connectivity index (χ3v) is 5.24. The van der Waals surface area contributed by atoms with Gasteiger partial charge >= 0.3 is 0 Å². The number of pyridine rings is 1. The van der Waals surface area contributed by atoms with Gasteiger partial charge in [0.2, 0.25) is 0 Å². The van der Waals surface area contributed by atoms with Crippen LogP contribution in [0.3, 0.4) is 0 Å². The third kappa shape index (κ3) is 4.75. The molecule has 1 aliphatic rings. The van der Waals surface area contributed by atoms with Crippen molar-refractivity contribution in [1.82, 2.24) is 4.98 Å². The average Bonchev–Trinajstić information content (AvgIpc) is 2.64. The minimum Gasteiger partial charge on any atom is -0.256 e. The van der Waals surface area contributed by atoms with Crippen LogP contribution in [0.25, 0.3) is 11.3 Å². The van der Waals surface area contributed by atoms with E-state index in [0.717, 1.165) is 24.3 Å². The largest absolute Gasteiger partial charge is 0.256 e. The van der Waals surface area contributed by atoms with Gasteiger partial charge in [-0.2, -0.15) is 0 Å². The molecule has 0 N–H and O–H groups in total. The van der Waals surface area contributed by atoms with Crippen LogP contribution in [0.2, 0.25) is 0 Å². The summed E-state index contributed by atoms with van der Waals surface area (Å²) in [4.78, 5) is 4.42. The van der Waals surface area contributed by atoms with Crippen molar-refractivity contribution < 1.29 is 8.78 Å². The maximum Gasteiger partial charge on any atom is 0.159 e. The molecular formula is C22H25F2N. The van der Waals surface area contributed by atoms with E-state index in [1.165, 1.54) is 43.7 Å². The van der Waals surface area contributed by atoms with Gasteiger partial charge in [0.15, 0.2) is 11.6 Å². The van der Waals surface area contributed by atoms with Gasteiger partial charge in [0.1, 0.15) is 0 Å². The standard InChI is InChI=1S/C22H25F2N/c1-2-3-16-4-6-17(7-5-16)8-9-18-10-13-22(25-15-18)19-11-12-20(23)21(24)14-19/h2-3,10-17H,4-9H2,1H3/t16-,17-. The number of aromatic nitrogens is 1. The molecule has 0 aliphatic heterocycles. The normalized spacial score (nSPS) is 20.9. The van der Waals surface area contributed by atoms with E-state index < -0.39 is 11.6 Å². The van der Waals surface area contributed by atoms with Crippen molar-refractivity contribution in [3.8, 4) is 11.3 Å². The molecule has 2 aromatic rings. The molecule has 1 aliphatic carbocycles. The molecule has 0 amide bonds.